The standard InChI is InChI=1S/2C7H18N.C4H6O5/c2*1-5-8(4,6-2)7-3;5-2(4(8)9)1-3(6)7/h2*5-7H2,1-4H3;2,5H,1H2,(H,6,7)(H,8,9)/q2*+1;/p-2. The van der Waals surface area contributed by atoms with E-state index in [1.165, 1.54) is 48.2 Å². The van der Waals surface area contributed by atoms with E-state index in [1.807, 2.05) is 0 Å². The Morgan fingerprint density at radius 3 is 1.04 bits per heavy atom. The van der Waals surface area contributed by atoms with Crippen LogP contribution in [-0.2, 0) is 9.59 Å². The Morgan fingerprint density at radius 1 is 0.760 bits per heavy atom. The van der Waals surface area contributed by atoms with E-state index >= 15 is 0 Å². The molecule has 0 aromatic heterocycles. The Morgan fingerprint density at radius 2 is 1.00 bits per heavy atom. The lowest BCUT2D eigenvalue weighted by molar-refractivity contribution is -0.904. The van der Waals surface area contributed by atoms with Crippen molar-refractivity contribution in [3.05, 3.63) is 0 Å². The minimum atomic E-state index is -1.96. The third kappa shape index (κ3) is 16.1. The third-order valence-electron chi connectivity index (χ3n) is 5.21. The molecule has 0 aromatic carbocycles. The predicted octanol–water partition coefficient (Wildman–Crippen LogP) is -0.777. The molecule has 0 aliphatic heterocycles. The van der Waals surface area contributed by atoms with Crippen LogP contribution in [-0.4, -0.2) is 85.5 Å². The van der Waals surface area contributed by atoms with Gasteiger partial charge in [0.25, 0.3) is 0 Å². The number of aliphatic carboxylic acids is 2. The van der Waals surface area contributed by atoms with Crippen molar-refractivity contribution in [1.82, 2.24) is 0 Å². The van der Waals surface area contributed by atoms with Gasteiger partial charge in [0.2, 0.25) is 0 Å². The van der Waals surface area contributed by atoms with Gasteiger partial charge >= 0.3 is 0 Å². The van der Waals surface area contributed by atoms with Crippen molar-refractivity contribution in [2.45, 2.75) is 54.1 Å². The summed E-state index contributed by atoms with van der Waals surface area (Å²) >= 11 is 0. The van der Waals surface area contributed by atoms with Crippen LogP contribution < -0.4 is 10.2 Å². The fourth-order valence-electron chi connectivity index (χ4n) is 1.58. The summed E-state index contributed by atoms with van der Waals surface area (Å²) < 4.78 is 2.42. The minimum Gasteiger partial charge on any atom is -0.550 e. The lowest BCUT2D eigenvalue weighted by atomic mass is 10.3. The molecule has 7 nitrogen and oxygen atoms in total. The highest BCUT2D eigenvalue weighted by molar-refractivity contribution is 5.76. The number of carboxylic acids is 2. The Balaban J connectivity index is -0.000000291. The number of aliphatic hydroxyl groups is 1. The molecule has 0 rings (SSSR count). The molecule has 0 amide bonds. The molecule has 0 bridgehead atoms. The quantitative estimate of drug-likeness (QED) is 0.541. The summed E-state index contributed by atoms with van der Waals surface area (Å²) in [4.78, 5) is 19.1. The summed E-state index contributed by atoms with van der Waals surface area (Å²) in [6.45, 7) is 21.0. The van der Waals surface area contributed by atoms with Crippen molar-refractivity contribution in [2.75, 3.05) is 53.4 Å². The topological polar surface area (TPSA) is 100 Å². The highest BCUT2D eigenvalue weighted by Gasteiger charge is 2.11. The number of hydrogen-bond donors (Lipinski definition) is 1. The highest BCUT2D eigenvalue weighted by Crippen LogP contribution is 1.98. The summed E-state index contributed by atoms with van der Waals surface area (Å²) in [5, 5.41) is 27.3. The van der Waals surface area contributed by atoms with E-state index in [9.17, 15) is 19.8 Å². The molecule has 0 aliphatic rings. The van der Waals surface area contributed by atoms with Crippen LogP contribution in [0, 0.1) is 0 Å². The van der Waals surface area contributed by atoms with E-state index < -0.39 is 24.5 Å². The summed E-state index contributed by atoms with van der Waals surface area (Å²) in [6, 6.07) is 0. The summed E-state index contributed by atoms with van der Waals surface area (Å²) in [5.74, 6) is -3.43. The molecule has 0 heterocycles. The molecule has 0 spiro atoms. The van der Waals surface area contributed by atoms with E-state index in [2.05, 4.69) is 55.6 Å². The maximum absolute atomic E-state index is 9.58. The largest absolute Gasteiger partial charge is 0.550 e. The first-order chi connectivity index (χ1) is 11.4. The highest BCUT2D eigenvalue weighted by atomic mass is 16.4. The molecule has 1 atom stereocenters. The fourth-order valence-corrected chi connectivity index (χ4v) is 1.58. The van der Waals surface area contributed by atoms with Crippen molar-refractivity contribution in [1.29, 1.82) is 0 Å². The normalized spacial score (nSPS) is 12.2. The zero-order valence-corrected chi connectivity index (χ0v) is 17.5. The van der Waals surface area contributed by atoms with Gasteiger partial charge in [-0.1, -0.05) is 0 Å². The first kappa shape index (κ1) is 28.6. The van der Waals surface area contributed by atoms with Gasteiger partial charge in [-0.15, -0.1) is 0 Å². The van der Waals surface area contributed by atoms with E-state index in [-0.39, 0.29) is 0 Å². The molecule has 1 N–H and O–H groups in total. The Bertz CT molecular complexity index is 319. The molecule has 0 radical (unpaired) electrons. The maximum Gasteiger partial charge on any atom is 0.0985 e. The van der Waals surface area contributed by atoms with E-state index in [4.69, 9.17) is 5.11 Å². The van der Waals surface area contributed by atoms with Gasteiger partial charge in [0.05, 0.1) is 65.4 Å². The van der Waals surface area contributed by atoms with Gasteiger partial charge < -0.3 is 33.9 Å². The van der Waals surface area contributed by atoms with Crippen molar-refractivity contribution in [2.24, 2.45) is 0 Å². The van der Waals surface area contributed by atoms with Gasteiger partial charge in [0, 0.05) is 12.4 Å². The number of carbonyl (C=O) groups is 2. The van der Waals surface area contributed by atoms with Crippen molar-refractivity contribution in [3.8, 4) is 0 Å². The molecule has 0 aliphatic carbocycles. The Labute approximate surface area is 154 Å². The van der Waals surface area contributed by atoms with Gasteiger partial charge in [-0.3, -0.25) is 0 Å². The number of carboxylic acid groups (broad SMARTS) is 2. The number of aliphatic hydroxyl groups excluding tert-OH is 1. The predicted molar refractivity (Wildman–Crippen MR) is 96.3 cm³/mol. The number of hydrogen-bond acceptors (Lipinski definition) is 5. The lowest BCUT2D eigenvalue weighted by Crippen LogP contribution is -2.42. The molecule has 0 saturated carbocycles. The van der Waals surface area contributed by atoms with Crippen LogP contribution in [0.1, 0.15) is 48.0 Å². The first-order valence-corrected chi connectivity index (χ1v) is 9.16. The number of carbonyl (C=O) groups excluding carboxylic acids is 2. The monoisotopic (exact) mass is 364 g/mol. The smallest absolute Gasteiger partial charge is 0.0985 e. The van der Waals surface area contributed by atoms with Crippen molar-refractivity contribution < 1.29 is 33.9 Å². The van der Waals surface area contributed by atoms with Gasteiger partial charge in [-0.05, 0) is 41.5 Å². The molecule has 1 unspecified atom stereocenters. The zero-order chi connectivity index (χ0) is 20.7. The van der Waals surface area contributed by atoms with Crippen LogP contribution in [0.3, 0.4) is 0 Å². The molecular weight excluding hydrogens is 324 g/mol. The van der Waals surface area contributed by atoms with Gasteiger partial charge in [0.15, 0.2) is 0 Å². The second kappa shape index (κ2) is 15.1. The van der Waals surface area contributed by atoms with Crippen LogP contribution in [0.2, 0.25) is 0 Å². The summed E-state index contributed by atoms with van der Waals surface area (Å²) in [5.41, 5.74) is 0. The Hall–Kier alpha value is -1.18. The first-order valence-electron chi connectivity index (χ1n) is 9.16. The van der Waals surface area contributed by atoms with Gasteiger partial charge in [-0.2, -0.15) is 0 Å². The molecule has 0 saturated heterocycles. The maximum atomic E-state index is 9.58. The SMILES string of the molecule is CC[N+](C)(CC)CC.CC[N+](C)(CC)CC.O=C([O-])CC(O)C(=O)[O-]. The number of quaternary nitrogens is 2. The van der Waals surface area contributed by atoms with Gasteiger partial charge in [-0.25, -0.2) is 0 Å². The lowest BCUT2D eigenvalue weighted by Gasteiger charge is -2.30. The third-order valence-corrected chi connectivity index (χ3v) is 5.21. The fraction of sp³-hybridized carbons (Fsp3) is 0.889. The van der Waals surface area contributed by atoms with Crippen LogP contribution in [0.4, 0.5) is 0 Å². The second-order valence-electron chi connectivity index (χ2n) is 6.55. The van der Waals surface area contributed by atoms with Crippen molar-refractivity contribution >= 4 is 11.9 Å². The molecule has 7 heteroatoms. The molecule has 152 valence electrons. The van der Waals surface area contributed by atoms with Gasteiger partial charge in [0.1, 0.15) is 0 Å². The summed E-state index contributed by atoms with van der Waals surface area (Å²) in [7, 11) is 4.58. The Kier molecular flexibility index (Phi) is 17.3. The average molecular weight is 365 g/mol. The number of rotatable bonds is 9. The molecule has 0 fully saturated rings. The van der Waals surface area contributed by atoms with E-state index in [0.29, 0.717) is 0 Å². The van der Waals surface area contributed by atoms with Crippen LogP contribution in [0.25, 0.3) is 0 Å². The van der Waals surface area contributed by atoms with Crippen LogP contribution in [0.15, 0.2) is 0 Å². The van der Waals surface area contributed by atoms with Crippen LogP contribution in [0.5, 0.6) is 0 Å². The minimum absolute atomic E-state index is 0.928. The number of nitrogens with zero attached hydrogens (tertiary/aromatic N) is 2. The molecular formula is C18H40N2O5. The second-order valence-corrected chi connectivity index (χ2v) is 6.55. The van der Waals surface area contributed by atoms with E-state index in [1.54, 1.807) is 0 Å². The molecule has 0 aromatic rings. The van der Waals surface area contributed by atoms with Crippen molar-refractivity contribution in [3.63, 3.8) is 0 Å². The van der Waals surface area contributed by atoms with E-state index in [0.717, 1.165) is 0 Å². The average Bonchev–Trinajstić information content (AvgIpc) is 2.60. The molecule has 25 heavy (non-hydrogen) atoms. The van der Waals surface area contributed by atoms with Crippen LogP contribution >= 0.6 is 0 Å². The zero-order valence-electron chi connectivity index (χ0n) is 17.5. The summed E-state index contributed by atoms with van der Waals surface area (Å²) in [6.07, 6.45) is -2.89.